The van der Waals surface area contributed by atoms with Crippen molar-refractivity contribution in [3.05, 3.63) is 11.8 Å². The highest BCUT2D eigenvalue weighted by molar-refractivity contribution is 7.98. The Morgan fingerprint density at radius 1 is 1.21 bits per heavy atom. The molecule has 0 saturated heterocycles. The third kappa shape index (κ3) is 4.60. The van der Waals surface area contributed by atoms with Crippen LogP contribution < -0.4 is 4.90 Å². The molecular weight excluding hydrogens is 454 g/mol. The van der Waals surface area contributed by atoms with Crippen LogP contribution in [0.1, 0.15) is 84.0 Å². The molecule has 0 radical (unpaired) electrons. The maximum Gasteiger partial charge on any atom is 0.326 e. The van der Waals surface area contributed by atoms with E-state index in [-0.39, 0.29) is 12.2 Å². The molecule has 3 rings (SSSR count). The van der Waals surface area contributed by atoms with Gasteiger partial charge in [-0.1, -0.05) is 66.1 Å². The Morgan fingerprint density at radius 3 is 2.27 bits per heavy atom. The third-order valence-electron chi connectivity index (χ3n) is 7.78. The van der Waals surface area contributed by atoms with Crippen molar-refractivity contribution in [3.8, 4) is 0 Å². The zero-order chi connectivity index (χ0) is 24.6. The average Bonchev–Trinajstić information content (AvgIpc) is 3.22. The number of rotatable bonds is 9. The van der Waals surface area contributed by atoms with Crippen molar-refractivity contribution in [1.29, 1.82) is 0 Å². The number of aromatic nitrogens is 2. The highest BCUT2D eigenvalue weighted by Crippen LogP contribution is 2.47. The molecule has 0 spiro atoms. The molecule has 1 aromatic rings. The summed E-state index contributed by atoms with van der Waals surface area (Å²) in [5, 5.41) is 10.7. The Balaban J connectivity index is 2.11. The summed E-state index contributed by atoms with van der Waals surface area (Å²) in [4.78, 5) is 36.2. The summed E-state index contributed by atoms with van der Waals surface area (Å²) in [6, 6.07) is -0.940. The molecular formula is C24H39N3O4SSi. The number of carbonyl (C=O) groups excluding carboxylic acids is 1. The summed E-state index contributed by atoms with van der Waals surface area (Å²) in [5.41, 5.74) is 1.25. The van der Waals surface area contributed by atoms with Gasteiger partial charge < -0.3 is 14.4 Å². The number of Topliss-reactive ketones (excluding diaryl/α,β-unsaturated/α-hetero) is 1. The second kappa shape index (κ2) is 10.0. The highest BCUT2D eigenvalue weighted by Gasteiger charge is 2.53. The normalized spacial score (nSPS) is 20.7. The number of hydrogen-bond acceptors (Lipinski definition) is 7. The van der Waals surface area contributed by atoms with E-state index in [2.05, 4.69) is 51.5 Å². The monoisotopic (exact) mass is 493 g/mol. The van der Waals surface area contributed by atoms with E-state index in [1.807, 2.05) is 11.2 Å². The largest absolute Gasteiger partial charge is 0.480 e. The van der Waals surface area contributed by atoms with Gasteiger partial charge in [0.05, 0.1) is 17.7 Å². The smallest absolute Gasteiger partial charge is 0.326 e. The van der Waals surface area contributed by atoms with Gasteiger partial charge in [0.2, 0.25) is 0 Å². The minimum atomic E-state index is -2.16. The zero-order valence-electron chi connectivity index (χ0n) is 21.1. The SMILES string of the molecule is CSc1ncc2c(n1)N(C1(CO[Si](C(C)C)(C(C)C)C(C)C)CCCC1)C(C(=O)O)CC2=O. The standard InChI is InChI=1S/C24H39N3O4SSi/c1-15(2)33(16(3)4,17(5)6)31-14-24(10-8-9-11-24)27-19(22(29)30)12-20(28)18-13-25-23(32-7)26-21(18)27/h13,15-17,19H,8-12,14H2,1-7H3,(H,29,30). The number of hydrogen-bond donors (Lipinski definition) is 1. The molecule has 0 aromatic carbocycles. The fourth-order valence-electron chi connectivity index (χ4n) is 6.36. The topological polar surface area (TPSA) is 92.6 Å². The van der Waals surface area contributed by atoms with E-state index in [1.54, 1.807) is 6.20 Å². The Morgan fingerprint density at radius 2 is 1.79 bits per heavy atom. The van der Waals surface area contributed by atoms with E-state index < -0.39 is 25.9 Å². The first-order chi connectivity index (χ1) is 15.5. The molecule has 1 saturated carbocycles. The lowest BCUT2D eigenvalue weighted by atomic mass is 9.88. The third-order valence-corrected chi connectivity index (χ3v) is 14.4. The first-order valence-corrected chi connectivity index (χ1v) is 15.5. The van der Waals surface area contributed by atoms with Crippen LogP contribution in [0.25, 0.3) is 0 Å². The molecule has 0 bridgehead atoms. The number of anilines is 1. The van der Waals surface area contributed by atoms with E-state index in [0.29, 0.717) is 39.8 Å². The fraction of sp³-hybridized carbons (Fsp3) is 0.750. The molecule has 1 unspecified atom stereocenters. The van der Waals surface area contributed by atoms with Gasteiger partial charge in [-0.15, -0.1) is 0 Å². The lowest BCUT2D eigenvalue weighted by Gasteiger charge is -2.50. The minimum Gasteiger partial charge on any atom is -0.480 e. The zero-order valence-corrected chi connectivity index (χ0v) is 22.9. The number of nitrogens with zero attached hydrogens (tertiary/aromatic N) is 3. The maximum atomic E-state index is 12.8. The predicted octanol–water partition coefficient (Wildman–Crippen LogP) is 5.55. The Bertz CT molecular complexity index is 865. The molecule has 1 N–H and O–H groups in total. The van der Waals surface area contributed by atoms with Crippen LogP contribution in [0.15, 0.2) is 11.4 Å². The predicted molar refractivity (Wildman–Crippen MR) is 135 cm³/mol. The van der Waals surface area contributed by atoms with Gasteiger partial charge in [0.25, 0.3) is 0 Å². The maximum absolute atomic E-state index is 12.8. The average molecular weight is 494 g/mol. The van der Waals surface area contributed by atoms with Gasteiger partial charge in [-0.2, -0.15) is 0 Å². The lowest BCUT2D eigenvalue weighted by molar-refractivity contribution is -0.139. The Hall–Kier alpha value is -1.45. The van der Waals surface area contributed by atoms with Gasteiger partial charge in [0.15, 0.2) is 19.3 Å². The van der Waals surface area contributed by atoms with Crippen LogP contribution in [-0.2, 0) is 9.22 Å². The second-order valence-electron chi connectivity index (χ2n) is 10.5. The molecule has 0 amide bonds. The van der Waals surface area contributed by atoms with Crippen LogP contribution >= 0.6 is 11.8 Å². The molecule has 2 heterocycles. The van der Waals surface area contributed by atoms with Gasteiger partial charge in [0.1, 0.15) is 11.9 Å². The van der Waals surface area contributed by atoms with Gasteiger partial charge in [-0.3, -0.25) is 4.79 Å². The molecule has 2 aliphatic rings. The van der Waals surface area contributed by atoms with Crippen molar-refractivity contribution in [1.82, 2.24) is 9.97 Å². The number of carboxylic acids is 1. The molecule has 184 valence electrons. The fourth-order valence-corrected chi connectivity index (χ4v) is 12.2. The van der Waals surface area contributed by atoms with Crippen molar-refractivity contribution in [2.75, 3.05) is 17.8 Å². The first-order valence-electron chi connectivity index (χ1n) is 12.1. The van der Waals surface area contributed by atoms with Crippen LogP contribution in [0.4, 0.5) is 5.82 Å². The van der Waals surface area contributed by atoms with Crippen molar-refractivity contribution in [2.45, 2.75) is 107 Å². The number of fused-ring (bicyclic) bond motifs is 1. The van der Waals surface area contributed by atoms with E-state index >= 15 is 0 Å². The van der Waals surface area contributed by atoms with E-state index in [0.717, 1.165) is 25.7 Å². The molecule has 1 fully saturated rings. The summed E-state index contributed by atoms with van der Waals surface area (Å²) in [5.74, 6) is -0.718. The molecule has 33 heavy (non-hydrogen) atoms. The molecule has 7 nitrogen and oxygen atoms in total. The van der Waals surface area contributed by atoms with Gasteiger partial charge in [-0.05, 0) is 35.7 Å². The summed E-state index contributed by atoms with van der Waals surface area (Å²) >= 11 is 1.39. The summed E-state index contributed by atoms with van der Waals surface area (Å²) < 4.78 is 7.05. The van der Waals surface area contributed by atoms with Gasteiger partial charge in [0, 0.05) is 12.6 Å². The molecule has 1 atom stereocenters. The van der Waals surface area contributed by atoms with Crippen molar-refractivity contribution < 1.29 is 19.1 Å². The first kappa shape index (κ1) is 26.2. The minimum absolute atomic E-state index is 0.0623. The highest BCUT2D eigenvalue weighted by atomic mass is 32.2. The summed E-state index contributed by atoms with van der Waals surface area (Å²) in [6.45, 7) is 14.1. The van der Waals surface area contributed by atoms with Gasteiger partial charge >= 0.3 is 5.97 Å². The van der Waals surface area contributed by atoms with Crippen LogP contribution in [0, 0.1) is 0 Å². The van der Waals surface area contributed by atoms with Crippen LogP contribution in [-0.4, -0.2) is 59.6 Å². The number of thioether (sulfide) groups is 1. The molecule has 1 aliphatic carbocycles. The van der Waals surface area contributed by atoms with Crippen molar-refractivity contribution >= 4 is 37.6 Å². The van der Waals surface area contributed by atoms with E-state index in [4.69, 9.17) is 4.43 Å². The lowest BCUT2D eigenvalue weighted by Crippen LogP contribution is -2.62. The van der Waals surface area contributed by atoms with Crippen molar-refractivity contribution in [3.63, 3.8) is 0 Å². The quantitative estimate of drug-likeness (QED) is 0.272. The summed E-state index contributed by atoms with van der Waals surface area (Å²) in [6.07, 6.45) is 7.08. The number of ketones is 1. The van der Waals surface area contributed by atoms with Gasteiger partial charge in [-0.25, -0.2) is 14.8 Å². The summed E-state index contributed by atoms with van der Waals surface area (Å²) in [7, 11) is -2.16. The molecule has 9 heteroatoms. The van der Waals surface area contributed by atoms with Crippen LogP contribution in [0.2, 0.25) is 16.6 Å². The Labute approximate surface area is 203 Å². The molecule has 1 aromatic heterocycles. The van der Waals surface area contributed by atoms with E-state index in [9.17, 15) is 14.7 Å². The Kier molecular flexibility index (Phi) is 7.96. The second-order valence-corrected chi connectivity index (χ2v) is 16.7. The number of carbonyl (C=O) groups is 2. The number of carboxylic acid groups (broad SMARTS) is 1. The van der Waals surface area contributed by atoms with Crippen LogP contribution in [0.5, 0.6) is 0 Å². The molecule has 1 aliphatic heterocycles. The number of aliphatic carboxylic acids is 1. The van der Waals surface area contributed by atoms with Crippen LogP contribution in [0.3, 0.4) is 0 Å². The van der Waals surface area contributed by atoms with Crippen molar-refractivity contribution in [2.24, 2.45) is 0 Å². The van der Waals surface area contributed by atoms with E-state index in [1.165, 1.54) is 11.8 Å².